The van der Waals surface area contributed by atoms with Crippen molar-refractivity contribution in [2.24, 2.45) is 0 Å². The summed E-state index contributed by atoms with van der Waals surface area (Å²) in [7, 11) is 0. The number of benzene rings is 1. The maximum Gasteiger partial charge on any atom is 0.737 e. The predicted octanol–water partition coefficient (Wildman–Crippen LogP) is 6.53. The van der Waals surface area contributed by atoms with Crippen LogP contribution in [-0.2, 0) is 6.42 Å². The van der Waals surface area contributed by atoms with Crippen molar-refractivity contribution < 1.29 is 13.1 Å². The molecule has 0 bridgehead atoms. The molecule has 0 saturated heterocycles. The van der Waals surface area contributed by atoms with Crippen LogP contribution in [0.25, 0.3) is 5.57 Å². The highest BCUT2D eigenvalue weighted by Gasteiger charge is 2.56. The molecule has 29 heavy (non-hydrogen) atoms. The van der Waals surface area contributed by atoms with Gasteiger partial charge < -0.3 is 17.6 Å². The summed E-state index contributed by atoms with van der Waals surface area (Å²) in [5.74, 6) is 0. The van der Waals surface area contributed by atoms with Gasteiger partial charge in [-0.2, -0.15) is 0 Å². The van der Waals surface area contributed by atoms with E-state index in [0.717, 1.165) is 33.4 Å². The summed E-state index contributed by atoms with van der Waals surface area (Å²) in [5, 5.41) is 0.575. The van der Waals surface area contributed by atoms with Crippen molar-refractivity contribution in [2.75, 3.05) is 0 Å². The van der Waals surface area contributed by atoms with Crippen molar-refractivity contribution in [2.45, 2.75) is 54.4 Å². The van der Waals surface area contributed by atoms with E-state index in [1.165, 1.54) is 8.96 Å². The molecule has 0 atom stereocenters. The Morgan fingerprint density at radius 3 is 2.28 bits per heavy atom. The number of nitrogens with zero attached hydrogens (tertiary/aromatic N) is 2. The van der Waals surface area contributed by atoms with E-state index < -0.39 is 6.97 Å². The molecule has 1 aromatic heterocycles. The Balaban J connectivity index is 2.26. The molecule has 6 heteroatoms. The Labute approximate surface area is 176 Å². The minimum Gasteiger partial charge on any atom is -0.393 e. The third kappa shape index (κ3) is 2.49. The summed E-state index contributed by atoms with van der Waals surface area (Å²) in [6, 6.07) is 7.55. The zero-order chi connectivity index (χ0) is 21.2. The molecule has 0 unspecified atom stereocenters. The largest absolute Gasteiger partial charge is 0.737 e. The van der Waals surface area contributed by atoms with Gasteiger partial charge in [0.15, 0.2) is 5.70 Å². The number of halogens is 3. The Morgan fingerprint density at radius 1 is 1.03 bits per heavy atom. The molecular formula is C23H26BClF2N2. The summed E-state index contributed by atoms with van der Waals surface area (Å²) in [6.45, 7) is 7.59. The van der Waals surface area contributed by atoms with E-state index >= 15 is 8.63 Å². The van der Waals surface area contributed by atoms with E-state index in [9.17, 15) is 0 Å². The van der Waals surface area contributed by atoms with E-state index in [-0.39, 0.29) is 0 Å². The lowest BCUT2D eigenvalue weighted by atomic mass is 9.83. The number of rotatable bonds is 3. The Kier molecular flexibility index (Phi) is 4.65. The van der Waals surface area contributed by atoms with Gasteiger partial charge in [-0.05, 0) is 56.5 Å². The van der Waals surface area contributed by atoms with Crippen LogP contribution in [0.2, 0.25) is 5.02 Å². The summed E-state index contributed by atoms with van der Waals surface area (Å²) in [5.41, 5.74) is 7.92. The molecule has 4 rings (SSSR count). The van der Waals surface area contributed by atoms with Crippen molar-refractivity contribution in [1.82, 2.24) is 4.48 Å². The summed E-state index contributed by atoms with van der Waals surface area (Å²) < 4.78 is 34.8. The molecule has 2 aliphatic rings. The maximum absolute atomic E-state index is 16.1. The van der Waals surface area contributed by atoms with Gasteiger partial charge >= 0.3 is 6.97 Å². The zero-order valence-electron chi connectivity index (χ0n) is 17.8. The van der Waals surface area contributed by atoms with E-state index in [1.54, 1.807) is 0 Å². The molecule has 0 amide bonds. The van der Waals surface area contributed by atoms with Gasteiger partial charge in [-0.3, -0.25) is 0 Å². The fourth-order valence-corrected chi connectivity index (χ4v) is 5.63. The van der Waals surface area contributed by atoms with Crippen LogP contribution in [0.4, 0.5) is 8.63 Å². The van der Waals surface area contributed by atoms with Crippen molar-refractivity contribution in [3.05, 3.63) is 74.2 Å². The predicted molar refractivity (Wildman–Crippen MR) is 118 cm³/mol. The van der Waals surface area contributed by atoms with Gasteiger partial charge in [-0.1, -0.05) is 43.6 Å². The first kappa shape index (κ1) is 20.2. The minimum absolute atomic E-state index is 0.575. The molecule has 0 aliphatic carbocycles. The number of aromatic nitrogens is 1. The first-order valence-electron chi connectivity index (χ1n) is 10.2. The Morgan fingerprint density at radius 2 is 1.69 bits per heavy atom. The van der Waals surface area contributed by atoms with Crippen molar-refractivity contribution in [3.8, 4) is 0 Å². The third-order valence-corrected chi connectivity index (χ3v) is 6.97. The smallest absolute Gasteiger partial charge is 0.393 e. The second kappa shape index (κ2) is 6.70. The topological polar surface area (TPSA) is 7.94 Å². The van der Waals surface area contributed by atoms with Crippen molar-refractivity contribution in [1.29, 1.82) is 0 Å². The SMILES string of the molecule is CCC1=C(C)C2=C(c3ccccc3Cl)c3c(C)c(CC)c(C)n3[B-](F)(F)[N+]2=C1C. The molecule has 2 aliphatic heterocycles. The molecule has 0 saturated carbocycles. The van der Waals surface area contributed by atoms with Crippen LogP contribution in [0.3, 0.4) is 0 Å². The normalized spacial score (nSPS) is 18.0. The lowest BCUT2D eigenvalue weighted by Gasteiger charge is -2.34. The van der Waals surface area contributed by atoms with Crippen LogP contribution < -0.4 is 0 Å². The van der Waals surface area contributed by atoms with E-state index in [2.05, 4.69) is 0 Å². The van der Waals surface area contributed by atoms with E-state index in [1.807, 2.05) is 65.8 Å². The lowest BCUT2D eigenvalue weighted by molar-refractivity contribution is -0.363. The maximum atomic E-state index is 16.1. The molecule has 0 spiro atoms. The molecule has 152 valence electrons. The summed E-state index contributed by atoms with van der Waals surface area (Å²) in [4.78, 5) is 0. The lowest BCUT2D eigenvalue weighted by Crippen LogP contribution is -2.51. The highest BCUT2D eigenvalue weighted by molar-refractivity contribution is 6.58. The van der Waals surface area contributed by atoms with Crippen LogP contribution in [-0.4, -0.2) is 21.6 Å². The quantitative estimate of drug-likeness (QED) is 0.504. The molecule has 0 radical (unpaired) electrons. The highest BCUT2D eigenvalue weighted by Crippen LogP contribution is 2.48. The molecule has 2 aromatic rings. The molecule has 1 aromatic carbocycles. The second-order valence-electron chi connectivity index (χ2n) is 7.97. The molecule has 2 nitrogen and oxygen atoms in total. The fourth-order valence-electron chi connectivity index (χ4n) is 5.40. The van der Waals surface area contributed by atoms with Gasteiger partial charge in [0.2, 0.25) is 0 Å². The van der Waals surface area contributed by atoms with Crippen molar-refractivity contribution in [3.63, 3.8) is 0 Å². The average molecular weight is 415 g/mol. The fraction of sp³-hybridized carbons (Fsp3) is 0.348. The van der Waals surface area contributed by atoms with Crippen LogP contribution >= 0.6 is 11.6 Å². The van der Waals surface area contributed by atoms with E-state index in [0.29, 0.717) is 40.7 Å². The zero-order valence-corrected chi connectivity index (χ0v) is 18.6. The number of hydrogen-bond acceptors (Lipinski definition) is 0. The van der Waals surface area contributed by atoms with Gasteiger partial charge in [-0.25, -0.2) is 0 Å². The average Bonchev–Trinajstić information content (AvgIpc) is 3.08. The molecule has 0 N–H and O–H groups in total. The first-order valence-corrected chi connectivity index (χ1v) is 10.6. The Hall–Kier alpha value is -2.14. The molecular weight excluding hydrogens is 389 g/mol. The monoisotopic (exact) mass is 414 g/mol. The molecule has 3 heterocycles. The number of allylic oxidation sites excluding steroid dienone is 2. The van der Waals surface area contributed by atoms with Crippen molar-refractivity contribution >= 4 is 29.9 Å². The second-order valence-corrected chi connectivity index (χ2v) is 8.37. The number of fused-ring (bicyclic) bond motifs is 2. The standard InChI is InChI=1S/C23H26BClF2N2/c1-7-17-13(3)22-21(19-11-9-10-12-20(19)25)23-14(4)18(8-2)16(6)29(23)24(26,27)28(22)15(17)5/h9-12H,7-8H2,1-6H3. The van der Waals surface area contributed by atoms with Gasteiger partial charge in [-0.15, -0.1) is 0 Å². The summed E-state index contributed by atoms with van der Waals surface area (Å²) in [6.07, 6.45) is 1.43. The van der Waals surface area contributed by atoms with Gasteiger partial charge in [0.05, 0.1) is 5.57 Å². The van der Waals surface area contributed by atoms with Crippen LogP contribution in [0, 0.1) is 13.8 Å². The minimum atomic E-state index is -4.00. The van der Waals surface area contributed by atoms with E-state index in [4.69, 9.17) is 11.6 Å². The number of hydrogen-bond donors (Lipinski definition) is 0. The summed E-state index contributed by atoms with van der Waals surface area (Å²) >= 11 is 6.61. The van der Waals surface area contributed by atoms with Crippen LogP contribution in [0.5, 0.6) is 0 Å². The Bertz CT molecular complexity index is 1150. The van der Waals surface area contributed by atoms with Gasteiger partial charge in [0.1, 0.15) is 5.71 Å². The third-order valence-electron chi connectivity index (χ3n) is 6.64. The highest BCUT2D eigenvalue weighted by atomic mass is 35.5. The van der Waals surface area contributed by atoms with Gasteiger partial charge in [0, 0.05) is 34.3 Å². The first-order chi connectivity index (χ1) is 13.7. The van der Waals surface area contributed by atoms with Crippen LogP contribution in [0.15, 0.2) is 41.1 Å². The molecule has 0 fully saturated rings. The van der Waals surface area contributed by atoms with Crippen LogP contribution in [0.1, 0.15) is 62.2 Å². The van der Waals surface area contributed by atoms with Gasteiger partial charge in [0.25, 0.3) is 0 Å².